The van der Waals surface area contributed by atoms with Crippen molar-refractivity contribution in [1.29, 1.82) is 0 Å². The van der Waals surface area contributed by atoms with E-state index in [-0.39, 0.29) is 5.92 Å². The maximum absolute atomic E-state index is 13.6. The SMILES string of the molecule is C=CC(C)c1cccc(OC(F)F)c1F. The van der Waals surface area contributed by atoms with Gasteiger partial charge in [-0.05, 0) is 11.6 Å². The summed E-state index contributed by atoms with van der Waals surface area (Å²) in [4.78, 5) is 0. The van der Waals surface area contributed by atoms with Crippen molar-refractivity contribution in [3.63, 3.8) is 0 Å². The van der Waals surface area contributed by atoms with Crippen LogP contribution in [0.25, 0.3) is 0 Å². The van der Waals surface area contributed by atoms with E-state index in [1.807, 2.05) is 0 Å². The van der Waals surface area contributed by atoms with Gasteiger partial charge in [0.1, 0.15) is 0 Å². The third-order valence-electron chi connectivity index (χ3n) is 2.05. The van der Waals surface area contributed by atoms with Gasteiger partial charge in [0.2, 0.25) is 0 Å². The van der Waals surface area contributed by atoms with E-state index in [4.69, 9.17) is 0 Å². The Labute approximate surface area is 86.2 Å². The average molecular weight is 216 g/mol. The van der Waals surface area contributed by atoms with E-state index in [1.54, 1.807) is 6.92 Å². The molecule has 1 aromatic carbocycles. The number of alkyl halides is 2. The number of allylic oxidation sites excluding steroid dienone is 1. The van der Waals surface area contributed by atoms with Crippen LogP contribution in [-0.4, -0.2) is 6.61 Å². The maximum atomic E-state index is 13.6. The topological polar surface area (TPSA) is 9.23 Å². The van der Waals surface area contributed by atoms with E-state index in [0.717, 1.165) is 0 Å². The molecular formula is C11H11F3O. The van der Waals surface area contributed by atoms with Gasteiger partial charge >= 0.3 is 6.61 Å². The first-order chi connectivity index (χ1) is 7.06. The van der Waals surface area contributed by atoms with Gasteiger partial charge in [-0.2, -0.15) is 8.78 Å². The van der Waals surface area contributed by atoms with Gasteiger partial charge in [0, 0.05) is 5.92 Å². The Balaban J connectivity index is 3.05. The summed E-state index contributed by atoms with van der Waals surface area (Å²) < 4.78 is 41.4. The lowest BCUT2D eigenvalue weighted by atomic mass is 10.0. The van der Waals surface area contributed by atoms with E-state index in [0.29, 0.717) is 5.56 Å². The predicted octanol–water partition coefficient (Wildman–Crippen LogP) is 3.72. The second-order valence-electron chi connectivity index (χ2n) is 3.06. The standard InChI is InChI=1S/C11H11F3O/c1-3-7(2)8-5-4-6-9(10(8)12)15-11(13)14/h3-7,11H,1H2,2H3. The van der Waals surface area contributed by atoms with Crippen molar-refractivity contribution in [1.82, 2.24) is 0 Å². The average Bonchev–Trinajstić information content (AvgIpc) is 2.19. The summed E-state index contributed by atoms with van der Waals surface area (Å²) in [5, 5.41) is 0. The third kappa shape index (κ3) is 2.75. The smallest absolute Gasteiger partial charge is 0.387 e. The van der Waals surface area contributed by atoms with Crippen LogP contribution in [0.5, 0.6) is 5.75 Å². The van der Waals surface area contributed by atoms with Crippen molar-refractivity contribution in [2.45, 2.75) is 19.5 Å². The highest BCUT2D eigenvalue weighted by molar-refractivity contribution is 5.34. The van der Waals surface area contributed by atoms with E-state index in [2.05, 4.69) is 11.3 Å². The van der Waals surface area contributed by atoms with E-state index in [1.165, 1.54) is 24.3 Å². The van der Waals surface area contributed by atoms with Gasteiger partial charge in [0.15, 0.2) is 11.6 Å². The van der Waals surface area contributed by atoms with Gasteiger partial charge in [-0.25, -0.2) is 4.39 Å². The fraction of sp³-hybridized carbons (Fsp3) is 0.273. The van der Waals surface area contributed by atoms with Crippen molar-refractivity contribution < 1.29 is 17.9 Å². The molecule has 0 fully saturated rings. The Morgan fingerprint density at radius 1 is 1.40 bits per heavy atom. The lowest BCUT2D eigenvalue weighted by molar-refractivity contribution is -0.0522. The molecule has 0 aromatic heterocycles. The summed E-state index contributed by atoms with van der Waals surface area (Å²) >= 11 is 0. The van der Waals surface area contributed by atoms with E-state index in [9.17, 15) is 13.2 Å². The minimum Gasteiger partial charge on any atom is -0.432 e. The highest BCUT2D eigenvalue weighted by atomic mass is 19.3. The molecule has 1 atom stereocenters. The van der Waals surface area contributed by atoms with E-state index >= 15 is 0 Å². The van der Waals surface area contributed by atoms with Crippen LogP contribution in [-0.2, 0) is 0 Å². The maximum Gasteiger partial charge on any atom is 0.387 e. The molecule has 0 aliphatic heterocycles. The van der Waals surface area contributed by atoms with Crippen molar-refractivity contribution in [2.24, 2.45) is 0 Å². The highest BCUT2D eigenvalue weighted by Crippen LogP contribution is 2.27. The van der Waals surface area contributed by atoms with Crippen LogP contribution in [0.4, 0.5) is 13.2 Å². The first-order valence-corrected chi connectivity index (χ1v) is 4.42. The van der Waals surface area contributed by atoms with Crippen molar-refractivity contribution in [2.75, 3.05) is 0 Å². The number of rotatable bonds is 4. The number of ether oxygens (including phenoxy) is 1. The van der Waals surface area contributed by atoms with Gasteiger partial charge in [-0.1, -0.05) is 25.1 Å². The molecule has 1 unspecified atom stereocenters. The molecule has 0 saturated heterocycles. The van der Waals surface area contributed by atoms with Gasteiger partial charge in [-0.3, -0.25) is 0 Å². The number of halogens is 3. The lowest BCUT2D eigenvalue weighted by Gasteiger charge is -2.11. The predicted molar refractivity (Wildman–Crippen MR) is 51.6 cm³/mol. The molecule has 0 aliphatic carbocycles. The normalized spacial score (nSPS) is 12.6. The van der Waals surface area contributed by atoms with Crippen LogP contribution in [0.15, 0.2) is 30.9 Å². The molecule has 0 spiro atoms. The first kappa shape index (κ1) is 11.6. The van der Waals surface area contributed by atoms with Crippen molar-refractivity contribution in [3.05, 3.63) is 42.2 Å². The Bertz CT molecular complexity index is 350. The summed E-state index contributed by atoms with van der Waals surface area (Å²) in [6.07, 6.45) is 1.53. The summed E-state index contributed by atoms with van der Waals surface area (Å²) in [6.45, 7) is 2.21. The van der Waals surface area contributed by atoms with Crippen LogP contribution in [0.1, 0.15) is 18.4 Å². The molecule has 0 N–H and O–H groups in total. The molecule has 15 heavy (non-hydrogen) atoms. The first-order valence-electron chi connectivity index (χ1n) is 4.42. The van der Waals surface area contributed by atoms with Crippen molar-refractivity contribution >= 4 is 0 Å². The summed E-state index contributed by atoms with van der Waals surface area (Å²) in [5.74, 6) is -1.44. The zero-order valence-corrected chi connectivity index (χ0v) is 8.21. The third-order valence-corrected chi connectivity index (χ3v) is 2.05. The fourth-order valence-corrected chi connectivity index (χ4v) is 1.19. The molecule has 0 radical (unpaired) electrons. The van der Waals surface area contributed by atoms with Gasteiger partial charge in [0.25, 0.3) is 0 Å². The highest BCUT2D eigenvalue weighted by Gasteiger charge is 2.15. The molecule has 0 saturated carbocycles. The zero-order valence-electron chi connectivity index (χ0n) is 8.21. The van der Waals surface area contributed by atoms with E-state index < -0.39 is 18.2 Å². The molecule has 0 bridgehead atoms. The molecular weight excluding hydrogens is 205 g/mol. The molecule has 0 heterocycles. The summed E-state index contributed by atoms with van der Waals surface area (Å²) in [7, 11) is 0. The molecule has 82 valence electrons. The van der Waals surface area contributed by atoms with Gasteiger partial charge in [-0.15, -0.1) is 6.58 Å². The van der Waals surface area contributed by atoms with Crippen LogP contribution < -0.4 is 4.74 Å². The summed E-state index contributed by atoms with van der Waals surface area (Å²) in [6, 6.07) is 4.15. The van der Waals surface area contributed by atoms with Gasteiger partial charge < -0.3 is 4.74 Å². The second kappa shape index (κ2) is 4.87. The van der Waals surface area contributed by atoms with Gasteiger partial charge in [0.05, 0.1) is 0 Å². The molecule has 0 amide bonds. The monoisotopic (exact) mass is 216 g/mol. The molecule has 1 aromatic rings. The largest absolute Gasteiger partial charge is 0.432 e. The molecule has 1 rings (SSSR count). The second-order valence-corrected chi connectivity index (χ2v) is 3.06. The number of hydrogen-bond donors (Lipinski definition) is 0. The Morgan fingerprint density at radius 3 is 2.60 bits per heavy atom. The Morgan fingerprint density at radius 2 is 2.07 bits per heavy atom. The molecule has 1 nitrogen and oxygen atoms in total. The van der Waals surface area contributed by atoms with Crippen LogP contribution in [0, 0.1) is 5.82 Å². The minimum absolute atomic E-state index is 0.244. The quantitative estimate of drug-likeness (QED) is 0.697. The lowest BCUT2D eigenvalue weighted by Crippen LogP contribution is -2.05. The number of hydrogen-bond acceptors (Lipinski definition) is 1. The van der Waals surface area contributed by atoms with Crippen LogP contribution in [0.2, 0.25) is 0 Å². The fourth-order valence-electron chi connectivity index (χ4n) is 1.19. The van der Waals surface area contributed by atoms with Crippen LogP contribution >= 0.6 is 0 Å². The number of benzene rings is 1. The minimum atomic E-state index is -3.02. The zero-order chi connectivity index (χ0) is 11.4. The Hall–Kier alpha value is -1.45. The Kier molecular flexibility index (Phi) is 3.77. The molecule has 0 aliphatic rings. The summed E-state index contributed by atoms with van der Waals surface area (Å²) in [5.41, 5.74) is 0.295. The van der Waals surface area contributed by atoms with Crippen molar-refractivity contribution in [3.8, 4) is 5.75 Å². The van der Waals surface area contributed by atoms with Crippen LogP contribution in [0.3, 0.4) is 0 Å². The molecule has 4 heteroatoms.